The molecule has 1 aliphatic rings. The van der Waals surface area contributed by atoms with Crippen molar-refractivity contribution < 1.29 is 22.8 Å². The van der Waals surface area contributed by atoms with Crippen molar-refractivity contribution in [3.8, 4) is 0 Å². The van der Waals surface area contributed by atoms with Gasteiger partial charge in [-0.3, -0.25) is 14.6 Å². The van der Waals surface area contributed by atoms with Crippen molar-refractivity contribution in [3.63, 3.8) is 0 Å². The lowest BCUT2D eigenvalue weighted by Crippen LogP contribution is -2.13. The van der Waals surface area contributed by atoms with E-state index in [9.17, 15) is 22.8 Å². The second-order valence-electron chi connectivity index (χ2n) is 7.55. The average molecular weight is 521 g/mol. The molecule has 1 unspecified atom stereocenters. The fourth-order valence-corrected chi connectivity index (χ4v) is 4.27. The summed E-state index contributed by atoms with van der Waals surface area (Å²) < 4.78 is 39.1. The Kier molecular flexibility index (Phi) is 7.03. The number of amides is 1. The van der Waals surface area contributed by atoms with Crippen molar-refractivity contribution >= 4 is 46.2 Å². The number of anilines is 1. The number of aromatic nitrogens is 4. The molecule has 0 aromatic carbocycles. The van der Waals surface area contributed by atoms with Gasteiger partial charge in [0.05, 0.1) is 33.2 Å². The molecule has 0 fully saturated rings. The summed E-state index contributed by atoms with van der Waals surface area (Å²) in [5.74, 6) is -1.53. The van der Waals surface area contributed by atoms with Gasteiger partial charge in [-0.1, -0.05) is 24.6 Å². The molecule has 3 aromatic heterocycles. The van der Waals surface area contributed by atoms with Crippen LogP contribution in [0.3, 0.4) is 0 Å². The molecule has 8 nitrogen and oxygen atoms in total. The Balaban J connectivity index is 1.41. The van der Waals surface area contributed by atoms with E-state index >= 15 is 0 Å². The Morgan fingerprint density at radius 3 is 2.69 bits per heavy atom. The summed E-state index contributed by atoms with van der Waals surface area (Å²) in [6, 6.07) is 2.25. The number of ketones is 1. The van der Waals surface area contributed by atoms with Gasteiger partial charge in [0.25, 0.3) is 5.91 Å². The van der Waals surface area contributed by atoms with E-state index in [2.05, 4.69) is 30.2 Å². The van der Waals surface area contributed by atoms with Gasteiger partial charge in [-0.2, -0.15) is 13.2 Å². The first-order valence-electron chi connectivity index (χ1n) is 10.2. The number of hydrogen-bond acceptors (Lipinski definition) is 8. The van der Waals surface area contributed by atoms with Crippen molar-refractivity contribution in [2.24, 2.45) is 4.99 Å². The number of rotatable bonds is 7. The number of alkyl halides is 3. The number of aliphatic imine (C=N–C) groups is 1. The van der Waals surface area contributed by atoms with Crippen LogP contribution in [0.15, 0.2) is 48.1 Å². The molecule has 35 heavy (non-hydrogen) atoms. The van der Waals surface area contributed by atoms with Gasteiger partial charge >= 0.3 is 6.18 Å². The number of nitrogens with zero attached hydrogens (tertiary/aromatic N) is 5. The second kappa shape index (κ2) is 10.0. The van der Waals surface area contributed by atoms with Crippen LogP contribution in [0.2, 0.25) is 5.02 Å². The molecule has 13 heteroatoms. The fraction of sp³-hybridized carbons (Fsp3) is 0.227. The van der Waals surface area contributed by atoms with Gasteiger partial charge in [0.1, 0.15) is 22.7 Å². The van der Waals surface area contributed by atoms with E-state index in [-0.39, 0.29) is 34.5 Å². The zero-order valence-electron chi connectivity index (χ0n) is 18.0. The smallest absolute Gasteiger partial charge is 0.306 e. The van der Waals surface area contributed by atoms with E-state index < -0.39 is 22.7 Å². The third-order valence-electron chi connectivity index (χ3n) is 4.96. The third-order valence-corrected chi connectivity index (χ3v) is 6.49. The number of carbonyl (C=O) groups is 2. The zero-order chi connectivity index (χ0) is 25.2. The molecule has 0 spiro atoms. The predicted molar refractivity (Wildman–Crippen MR) is 124 cm³/mol. The van der Waals surface area contributed by atoms with Crippen molar-refractivity contribution in [2.75, 3.05) is 5.32 Å². The van der Waals surface area contributed by atoms with E-state index in [1.807, 2.05) is 6.08 Å². The first-order chi connectivity index (χ1) is 16.6. The summed E-state index contributed by atoms with van der Waals surface area (Å²) in [7, 11) is 0. The molecule has 0 bridgehead atoms. The maximum atomic E-state index is 13.0. The number of Topliss-reactive ketones (excluding diaryl/α,β-unsaturated/α-hetero) is 1. The molecule has 0 radical (unpaired) electrons. The van der Waals surface area contributed by atoms with Gasteiger partial charge in [0.2, 0.25) is 0 Å². The molecular weight excluding hydrogens is 505 g/mol. The van der Waals surface area contributed by atoms with Crippen LogP contribution in [0.4, 0.5) is 19.0 Å². The van der Waals surface area contributed by atoms with Gasteiger partial charge in [-0.05, 0) is 12.1 Å². The molecule has 0 aliphatic carbocycles. The van der Waals surface area contributed by atoms with Gasteiger partial charge in [-0.15, -0.1) is 11.3 Å². The van der Waals surface area contributed by atoms with E-state index in [1.54, 1.807) is 19.2 Å². The van der Waals surface area contributed by atoms with Crippen LogP contribution < -0.4 is 5.32 Å². The standard InChI is InChI=1S/C22H16ClF3N6O2S/c1-11(5-17(33)16-7-15(30-10-31-16)14-3-2-4-27-14)21-29-9-18(35-21)20(34)32-19-6-12(22(24,25)26)13(23)8-28-19/h2,4,6-11H,3,5H2,1H3,(H,28,32,34). The molecule has 180 valence electrons. The van der Waals surface area contributed by atoms with Gasteiger partial charge in [0.15, 0.2) is 5.78 Å². The van der Waals surface area contributed by atoms with Crippen LogP contribution in [-0.4, -0.2) is 37.3 Å². The van der Waals surface area contributed by atoms with E-state index in [0.717, 1.165) is 23.2 Å². The quantitative estimate of drug-likeness (QED) is 0.421. The molecule has 4 rings (SSSR count). The van der Waals surface area contributed by atoms with Gasteiger partial charge < -0.3 is 5.32 Å². The fourth-order valence-electron chi connectivity index (χ4n) is 3.19. The molecular formula is C22H16ClF3N6O2S. The Morgan fingerprint density at radius 1 is 1.17 bits per heavy atom. The summed E-state index contributed by atoms with van der Waals surface area (Å²) in [5.41, 5.74) is 0.479. The van der Waals surface area contributed by atoms with E-state index in [1.165, 1.54) is 12.5 Å². The van der Waals surface area contributed by atoms with Crippen LogP contribution in [0.5, 0.6) is 0 Å². The van der Waals surface area contributed by atoms with Gasteiger partial charge in [-0.25, -0.2) is 19.9 Å². The van der Waals surface area contributed by atoms with Crippen LogP contribution >= 0.6 is 22.9 Å². The zero-order valence-corrected chi connectivity index (χ0v) is 19.6. The minimum atomic E-state index is -4.69. The highest BCUT2D eigenvalue weighted by atomic mass is 35.5. The first-order valence-corrected chi connectivity index (χ1v) is 11.4. The largest absolute Gasteiger partial charge is 0.418 e. The molecule has 0 saturated heterocycles. The number of thiazole rings is 1. The Labute approximate surface area is 206 Å². The third kappa shape index (κ3) is 5.77. The monoisotopic (exact) mass is 520 g/mol. The van der Waals surface area contributed by atoms with Crippen molar-refractivity contribution in [2.45, 2.75) is 31.9 Å². The lowest BCUT2D eigenvalue weighted by atomic mass is 10.0. The minimum Gasteiger partial charge on any atom is -0.306 e. The average Bonchev–Trinajstić information content (AvgIpc) is 3.52. The number of nitrogens with one attached hydrogen (secondary N) is 1. The second-order valence-corrected chi connectivity index (χ2v) is 9.01. The lowest BCUT2D eigenvalue weighted by molar-refractivity contribution is -0.137. The van der Waals surface area contributed by atoms with Crippen LogP contribution in [0.1, 0.15) is 62.1 Å². The Morgan fingerprint density at radius 2 is 1.97 bits per heavy atom. The maximum Gasteiger partial charge on any atom is 0.418 e. The summed E-state index contributed by atoms with van der Waals surface area (Å²) in [5, 5.41) is 2.26. The summed E-state index contributed by atoms with van der Waals surface area (Å²) in [4.78, 5) is 45.8. The van der Waals surface area contributed by atoms with Crippen molar-refractivity contribution in [1.82, 2.24) is 19.9 Å². The summed E-state index contributed by atoms with van der Waals surface area (Å²) >= 11 is 6.58. The summed E-state index contributed by atoms with van der Waals surface area (Å²) in [6.07, 6.45) is 3.02. The summed E-state index contributed by atoms with van der Waals surface area (Å²) in [6.45, 7) is 1.78. The maximum absolute atomic E-state index is 13.0. The highest BCUT2D eigenvalue weighted by Gasteiger charge is 2.34. The molecule has 1 aliphatic heterocycles. The Hall–Kier alpha value is -3.51. The number of carbonyl (C=O) groups excluding carboxylic acids is 2. The Bertz CT molecular complexity index is 1350. The molecule has 1 amide bonds. The van der Waals surface area contributed by atoms with E-state index in [0.29, 0.717) is 23.2 Å². The molecule has 4 heterocycles. The molecule has 3 aromatic rings. The molecule has 1 atom stereocenters. The number of hydrogen-bond donors (Lipinski definition) is 1. The van der Waals surface area contributed by atoms with Gasteiger partial charge in [0, 0.05) is 31.2 Å². The number of pyridine rings is 1. The first kappa shape index (κ1) is 24.6. The normalized spacial score (nSPS) is 14.0. The highest BCUT2D eigenvalue weighted by molar-refractivity contribution is 7.13. The lowest BCUT2D eigenvalue weighted by Gasteiger charge is -2.10. The predicted octanol–water partition coefficient (Wildman–Crippen LogP) is 5.34. The minimum absolute atomic E-state index is 0.0867. The number of allylic oxidation sites excluding steroid dienone is 1. The molecule has 1 N–H and O–H groups in total. The molecule has 0 saturated carbocycles. The van der Waals surface area contributed by atoms with Crippen molar-refractivity contribution in [1.29, 1.82) is 0 Å². The SMILES string of the molecule is CC(CC(=O)c1cc(C2=NC=CC2)ncn1)c1ncc(C(=O)Nc2cc(C(F)(F)F)c(Cl)cn2)s1. The highest BCUT2D eigenvalue weighted by Crippen LogP contribution is 2.35. The van der Waals surface area contributed by atoms with Crippen molar-refractivity contribution in [3.05, 3.63) is 75.0 Å². The van der Waals surface area contributed by atoms with E-state index in [4.69, 9.17) is 11.6 Å². The van der Waals surface area contributed by atoms with Crippen LogP contribution in [0.25, 0.3) is 0 Å². The van der Waals surface area contributed by atoms with Crippen LogP contribution in [-0.2, 0) is 6.18 Å². The van der Waals surface area contributed by atoms with Crippen LogP contribution in [0, 0.1) is 0 Å². The number of halogens is 4. The topological polar surface area (TPSA) is 110 Å².